The number of anilines is 1. The first kappa shape index (κ1) is 17.0. The highest BCUT2D eigenvalue weighted by atomic mass is 16.5. The average Bonchev–Trinajstić information content (AvgIpc) is 3.12. The summed E-state index contributed by atoms with van der Waals surface area (Å²) < 4.78 is 6.27. The van der Waals surface area contributed by atoms with E-state index in [1.807, 2.05) is 11.0 Å². The summed E-state index contributed by atoms with van der Waals surface area (Å²) in [4.78, 5) is 24.6. The number of carbonyl (C=O) groups is 1. The summed E-state index contributed by atoms with van der Waals surface area (Å²) in [6.45, 7) is 2.18. The van der Waals surface area contributed by atoms with Crippen molar-refractivity contribution in [1.29, 1.82) is 0 Å². The summed E-state index contributed by atoms with van der Waals surface area (Å²) in [5.41, 5.74) is 1.67. The van der Waals surface area contributed by atoms with Crippen LogP contribution in [0.5, 0.6) is 0 Å². The fourth-order valence-corrected chi connectivity index (χ4v) is 4.00. The molecule has 1 spiro atoms. The van der Waals surface area contributed by atoms with Gasteiger partial charge in [-0.2, -0.15) is 0 Å². The molecule has 0 saturated carbocycles. The largest absolute Gasteiger partial charge is 0.373 e. The van der Waals surface area contributed by atoms with Gasteiger partial charge in [0.25, 0.3) is 5.91 Å². The predicted molar refractivity (Wildman–Crippen MR) is 99.1 cm³/mol. The Hall–Kier alpha value is -2.47. The predicted octanol–water partition coefficient (Wildman–Crippen LogP) is 2.38. The van der Waals surface area contributed by atoms with Crippen molar-refractivity contribution >= 4 is 11.6 Å². The first-order valence-corrected chi connectivity index (χ1v) is 9.13. The molecule has 6 heteroatoms. The quantitative estimate of drug-likeness (QED) is 0.849. The van der Waals surface area contributed by atoms with Crippen molar-refractivity contribution in [3.63, 3.8) is 0 Å². The molecule has 4 rings (SSSR count). The highest BCUT2D eigenvalue weighted by Crippen LogP contribution is 2.38. The fraction of sp³-hybridized carbons (Fsp3) is 0.450. The van der Waals surface area contributed by atoms with Crippen molar-refractivity contribution in [3.05, 3.63) is 54.6 Å². The van der Waals surface area contributed by atoms with E-state index < -0.39 is 0 Å². The minimum absolute atomic E-state index is 0.0106. The van der Waals surface area contributed by atoms with Gasteiger partial charge in [-0.05, 0) is 31.4 Å². The number of benzene rings is 1. The number of likely N-dealkylation sites (N-methyl/N-ethyl adjacent to an activating group) is 1. The lowest BCUT2D eigenvalue weighted by Gasteiger charge is -2.39. The Bertz CT molecular complexity index is 745. The van der Waals surface area contributed by atoms with E-state index in [0.717, 1.165) is 39.0 Å². The van der Waals surface area contributed by atoms with E-state index in [1.165, 1.54) is 12.0 Å². The number of amides is 1. The number of para-hydroxylation sites is 1. The van der Waals surface area contributed by atoms with Crippen molar-refractivity contribution in [1.82, 2.24) is 14.9 Å². The average molecular weight is 352 g/mol. The number of nitrogens with zero attached hydrogens (tertiary/aromatic N) is 4. The van der Waals surface area contributed by atoms with Gasteiger partial charge in [-0.1, -0.05) is 18.2 Å². The third-order valence-electron chi connectivity index (χ3n) is 5.67. The molecule has 136 valence electrons. The molecule has 0 radical (unpaired) electrons. The topological polar surface area (TPSA) is 58.6 Å². The lowest BCUT2D eigenvalue weighted by molar-refractivity contribution is -0.0388. The number of rotatable bonds is 3. The molecule has 2 aromatic rings. The lowest BCUT2D eigenvalue weighted by atomic mass is 9.87. The summed E-state index contributed by atoms with van der Waals surface area (Å²) in [5, 5.41) is 0. The Kier molecular flexibility index (Phi) is 4.59. The molecule has 2 saturated heterocycles. The number of hydrogen-bond donors (Lipinski definition) is 0. The van der Waals surface area contributed by atoms with E-state index in [0.29, 0.717) is 11.6 Å². The van der Waals surface area contributed by atoms with Gasteiger partial charge in [0.2, 0.25) is 0 Å². The number of aromatic nitrogens is 2. The van der Waals surface area contributed by atoms with Gasteiger partial charge in [0.05, 0.1) is 23.8 Å². The second kappa shape index (κ2) is 7.03. The van der Waals surface area contributed by atoms with E-state index in [2.05, 4.69) is 46.2 Å². The maximum Gasteiger partial charge on any atom is 0.256 e. The Labute approximate surface area is 153 Å². The molecule has 2 fully saturated rings. The molecule has 0 bridgehead atoms. The van der Waals surface area contributed by atoms with Crippen LogP contribution in [0.4, 0.5) is 5.69 Å². The molecule has 6 nitrogen and oxygen atoms in total. The van der Waals surface area contributed by atoms with Crippen molar-refractivity contribution in [2.24, 2.45) is 0 Å². The van der Waals surface area contributed by atoms with Crippen LogP contribution in [0.1, 0.15) is 29.6 Å². The highest BCUT2D eigenvalue weighted by Gasteiger charge is 2.44. The van der Waals surface area contributed by atoms with Crippen LogP contribution in [0.15, 0.2) is 49.1 Å². The molecule has 0 unspecified atom stereocenters. The summed E-state index contributed by atoms with van der Waals surface area (Å²) in [7, 11) is 2.14. The zero-order valence-electron chi connectivity index (χ0n) is 15.0. The van der Waals surface area contributed by atoms with Crippen LogP contribution in [0.25, 0.3) is 0 Å². The third kappa shape index (κ3) is 3.29. The van der Waals surface area contributed by atoms with E-state index in [9.17, 15) is 4.79 Å². The van der Waals surface area contributed by atoms with Crippen molar-refractivity contribution in [2.75, 3.05) is 31.6 Å². The monoisotopic (exact) mass is 352 g/mol. The Balaban J connectivity index is 1.37. The van der Waals surface area contributed by atoms with Gasteiger partial charge in [0.1, 0.15) is 6.33 Å². The Morgan fingerprint density at radius 3 is 2.58 bits per heavy atom. The first-order chi connectivity index (χ1) is 12.7. The molecular formula is C20H24N4O2. The van der Waals surface area contributed by atoms with Crippen molar-refractivity contribution in [3.8, 4) is 0 Å². The molecule has 2 aliphatic heterocycles. The standard InChI is InChI=1S/C20H24N4O2/c1-23(17-5-3-2-4-6-17)18-11-20(26-14-18)7-9-24(10-8-20)19(25)16-12-21-15-22-13-16/h2-6,12-13,15,18H,7-11,14H2,1H3/t18-/m1/s1. The van der Waals surface area contributed by atoms with Gasteiger partial charge < -0.3 is 14.5 Å². The van der Waals surface area contributed by atoms with E-state index in [1.54, 1.807) is 12.4 Å². The zero-order valence-corrected chi connectivity index (χ0v) is 15.0. The molecule has 3 heterocycles. The Morgan fingerprint density at radius 1 is 1.19 bits per heavy atom. The van der Waals surface area contributed by atoms with Crippen LogP contribution in [-0.2, 0) is 4.74 Å². The van der Waals surface area contributed by atoms with Gasteiger partial charge in [-0.25, -0.2) is 9.97 Å². The SMILES string of the molecule is CN(c1ccccc1)[C@H]1COC2(CCN(C(=O)c3cncnc3)CC2)C1. The Morgan fingerprint density at radius 2 is 1.88 bits per heavy atom. The number of hydrogen-bond acceptors (Lipinski definition) is 5. The van der Waals surface area contributed by atoms with Crippen LogP contribution < -0.4 is 4.90 Å². The van der Waals surface area contributed by atoms with Gasteiger partial charge in [0.15, 0.2) is 0 Å². The summed E-state index contributed by atoms with van der Waals surface area (Å²) in [6.07, 6.45) is 7.37. The van der Waals surface area contributed by atoms with Crippen LogP contribution in [-0.4, -0.2) is 59.2 Å². The zero-order chi connectivity index (χ0) is 18.0. The molecule has 0 N–H and O–H groups in total. The molecule has 1 amide bonds. The number of piperidine rings is 1. The van der Waals surface area contributed by atoms with Gasteiger partial charge >= 0.3 is 0 Å². The summed E-state index contributed by atoms with van der Waals surface area (Å²) in [6, 6.07) is 10.8. The molecule has 0 aliphatic carbocycles. The second-order valence-corrected chi connectivity index (χ2v) is 7.22. The molecule has 1 atom stereocenters. The summed E-state index contributed by atoms with van der Waals surface area (Å²) in [5.74, 6) is 0.0106. The summed E-state index contributed by atoms with van der Waals surface area (Å²) >= 11 is 0. The van der Waals surface area contributed by atoms with Crippen LogP contribution in [0.3, 0.4) is 0 Å². The minimum atomic E-state index is -0.0995. The smallest absolute Gasteiger partial charge is 0.256 e. The van der Waals surface area contributed by atoms with E-state index >= 15 is 0 Å². The highest BCUT2D eigenvalue weighted by molar-refractivity contribution is 5.93. The van der Waals surface area contributed by atoms with Gasteiger partial charge in [0, 0.05) is 38.2 Å². The van der Waals surface area contributed by atoms with Crippen LogP contribution >= 0.6 is 0 Å². The molecule has 2 aliphatic rings. The maximum absolute atomic E-state index is 12.6. The minimum Gasteiger partial charge on any atom is -0.373 e. The number of likely N-dealkylation sites (tertiary alicyclic amines) is 1. The first-order valence-electron chi connectivity index (χ1n) is 9.13. The normalized spacial score (nSPS) is 21.7. The van der Waals surface area contributed by atoms with E-state index in [-0.39, 0.29) is 11.5 Å². The van der Waals surface area contributed by atoms with Gasteiger partial charge in [-0.15, -0.1) is 0 Å². The maximum atomic E-state index is 12.6. The molecular weight excluding hydrogens is 328 g/mol. The van der Waals surface area contributed by atoms with Crippen LogP contribution in [0.2, 0.25) is 0 Å². The third-order valence-corrected chi connectivity index (χ3v) is 5.67. The molecule has 26 heavy (non-hydrogen) atoms. The van der Waals surface area contributed by atoms with E-state index in [4.69, 9.17) is 4.74 Å². The van der Waals surface area contributed by atoms with Crippen molar-refractivity contribution in [2.45, 2.75) is 30.9 Å². The number of carbonyl (C=O) groups excluding carboxylic acids is 1. The molecule has 1 aromatic heterocycles. The van der Waals surface area contributed by atoms with Crippen LogP contribution in [0, 0.1) is 0 Å². The fourth-order valence-electron chi connectivity index (χ4n) is 4.00. The number of ether oxygens (including phenoxy) is 1. The second-order valence-electron chi connectivity index (χ2n) is 7.22. The lowest BCUT2D eigenvalue weighted by Crippen LogP contribution is -2.47. The van der Waals surface area contributed by atoms with Crippen molar-refractivity contribution < 1.29 is 9.53 Å². The van der Waals surface area contributed by atoms with Gasteiger partial charge in [-0.3, -0.25) is 4.79 Å². The molecule has 1 aromatic carbocycles.